The van der Waals surface area contributed by atoms with Crippen LogP contribution >= 0.6 is 0 Å². The van der Waals surface area contributed by atoms with Gasteiger partial charge in [0.25, 0.3) is 0 Å². The number of hydrogen-bond acceptors (Lipinski definition) is 3. The molecule has 1 saturated heterocycles. The summed E-state index contributed by atoms with van der Waals surface area (Å²) < 4.78 is 5.33. The molecule has 4 rings (SSSR count). The second-order valence-corrected chi connectivity index (χ2v) is 7.78. The lowest BCUT2D eigenvalue weighted by Crippen LogP contribution is -2.70. The van der Waals surface area contributed by atoms with Gasteiger partial charge in [-0.25, -0.2) is 4.79 Å². The molecule has 0 radical (unpaired) electrons. The van der Waals surface area contributed by atoms with Crippen LogP contribution in [0.25, 0.3) is 6.08 Å². The normalized spacial score (nSPS) is 18.8. The summed E-state index contributed by atoms with van der Waals surface area (Å²) in [5.74, 6) is -0.124. The number of hydrogen-bond donors (Lipinski definition) is 1. The zero-order chi connectivity index (χ0) is 22.3. The molecular weight excluding hydrogens is 400 g/mol. The number of alkyl carbamates (subject to hydrolysis) is 1. The number of nitrogens with one attached hydrogen (secondary N) is 1. The first-order valence-electron chi connectivity index (χ1n) is 10.7. The molecule has 1 aliphatic heterocycles. The lowest BCUT2D eigenvalue weighted by atomic mass is 9.89. The second kappa shape index (κ2) is 9.96. The van der Waals surface area contributed by atoms with Crippen molar-refractivity contribution in [1.82, 2.24) is 10.2 Å². The molecule has 0 spiro atoms. The lowest BCUT2D eigenvalue weighted by molar-refractivity contribution is -0.151. The zero-order valence-electron chi connectivity index (χ0n) is 17.9. The summed E-state index contributed by atoms with van der Waals surface area (Å²) in [5, 5.41) is 2.76. The van der Waals surface area contributed by atoms with Gasteiger partial charge >= 0.3 is 6.09 Å². The molecule has 2 amide bonds. The van der Waals surface area contributed by atoms with Crippen LogP contribution in [0.2, 0.25) is 0 Å². The van der Waals surface area contributed by atoms with Gasteiger partial charge in [0.1, 0.15) is 12.6 Å². The third-order valence-electron chi connectivity index (χ3n) is 5.65. The molecule has 1 heterocycles. The van der Waals surface area contributed by atoms with Gasteiger partial charge in [0, 0.05) is 0 Å². The van der Waals surface area contributed by atoms with Crippen molar-refractivity contribution in [2.24, 2.45) is 0 Å². The minimum Gasteiger partial charge on any atom is -0.445 e. The smallest absolute Gasteiger partial charge is 0.408 e. The Labute approximate surface area is 188 Å². The fourth-order valence-corrected chi connectivity index (χ4v) is 3.89. The van der Waals surface area contributed by atoms with Crippen LogP contribution in [0.1, 0.15) is 29.7 Å². The Kier molecular flexibility index (Phi) is 6.66. The van der Waals surface area contributed by atoms with E-state index in [1.807, 2.05) is 110 Å². The van der Waals surface area contributed by atoms with Gasteiger partial charge in [-0.3, -0.25) is 4.79 Å². The number of carbonyl (C=O) groups excluding carboxylic acids is 2. The average molecular weight is 427 g/mol. The van der Waals surface area contributed by atoms with Crippen molar-refractivity contribution in [3.63, 3.8) is 0 Å². The molecule has 1 N–H and O–H groups in total. The average Bonchev–Trinajstić information content (AvgIpc) is 2.85. The van der Waals surface area contributed by atoms with Crippen LogP contribution in [0.3, 0.4) is 0 Å². The first-order chi connectivity index (χ1) is 15.6. The number of ether oxygens (including phenoxy) is 1. The number of carbonyl (C=O) groups is 2. The number of nitrogens with zero attached hydrogens (tertiary/aromatic N) is 1. The van der Waals surface area contributed by atoms with E-state index in [0.29, 0.717) is 0 Å². The van der Waals surface area contributed by atoms with Crippen LogP contribution in [0.5, 0.6) is 0 Å². The molecule has 5 heteroatoms. The third-order valence-corrected chi connectivity index (χ3v) is 5.65. The fourth-order valence-electron chi connectivity index (χ4n) is 3.89. The van der Waals surface area contributed by atoms with Crippen LogP contribution < -0.4 is 5.32 Å². The molecule has 3 aromatic carbocycles. The summed E-state index contributed by atoms with van der Waals surface area (Å²) in [4.78, 5) is 27.2. The van der Waals surface area contributed by atoms with Crippen molar-refractivity contribution in [1.29, 1.82) is 0 Å². The summed E-state index contributed by atoms with van der Waals surface area (Å²) in [7, 11) is 0. The first-order valence-corrected chi connectivity index (χ1v) is 10.7. The van der Waals surface area contributed by atoms with Gasteiger partial charge in [-0.15, -0.1) is 0 Å². The molecule has 32 heavy (non-hydrogen) atoms. The molecular formula is C27H26N2O3. The Bertz CT molecular complexity index is 1070. The highest BCUT2D eigenvalue weighted by Gasteiger charge is 2.49. The lowest BCUT2D eigenvalue weighted by Gasteiger charge is -2.49. The minimum atomic E-state index is -0.663. The van der Waals surface area contributed by atoms with Crippen molar-refractivity contribution in [2.75, 3.05) is 0 Å². The molecule has 3 atom stereocenters. The quantitative estimate of drug-likeness (QED) is 0.543. The number of amides is 2. The Balaban J connectivity index is 1.48. The summed E-state index contributed by atoms with van der Waals surface area (Å²) in [6.45, 7) is 2.16. The van der Waals surface area contributed by atoms with Crippen LogP contribution in [0.15, 0.2) is 97.1 Å². The predicted octanol–water partition coefficient (Wildman–Crippen LogP) is 4.97. The maximum absolute atomic E-state index is 13.0. The van der Waals surface area contributed by atoms with E-state index in [1.165, 1.54) is 0 Å². The van der Waals surface area contributed by atoms with E-state index < -0.39 is 12.1 Å². The molecule has 1 aliphatic rings. The topological polar surface area (TPSA) is 58.6 Å². The maximum Gasteiger partial charge on any atom is 0.408 e. The van der Waals surface area contributed by atoms with E-state index in [2.05, 4.69) is 5.32 Å². The van der Waals surface area contributed by atoms with E-state index in [0.717, 1.165) is 16.7 Å². The van der Waals surface area contributed by atoms with Gasteiger partial charge in [-0.2, -0.15) is 0 Å². The Morgan fingerprint density at radius 3 is 2.22 bits per heavy atom. The molecule has 162 valence electrons. The van der Waals surface area contributed by atoms with Gasteiger partial charge in [-0.1, -0.05) is 103 Å². The van der Waals surface area contributed by atoms with E-state index in [4.69, 9.17) is 4.74 Å². The SMILES string of the molecule is CC(c1ccccc1)N1C(=O)[C@@H](NC(=O)OCc2ccccc2)[C@H]1/C=C/c1ccccc1. The van der Waals surface area contributed by atoms with Gasteiger partial charge in [-0.05, 0) is 23.6 Å². The fraction of sp³-hybridized carbons (Fsp3) is 0.185. The summed E-state index contributed by atoms with van der Waals surface area (Å²) in [6.07, 6.45) is 3.35. The second-order valence-electron chi connectivity index (χ2n) is 7.78. The van der Waals surface area contributed by atoms with E-state index in [-0.39, 0.29) is 24.6 Å². The van der Waals surface area contributed by atoms with Crippen LogP contribution in [-0.4, -0.2) is 29.0 Å². The van der Waals surface area contributed by atoms with Crippen LogP contribution in [0.4, 0.5) is 4.79 Å². The summed E-state index contributed by atoms with van der Waals surface area (Å²) in [5.41, 5.74) is 2.97. The van der Waals surface area contributed by atoms with Crippen molar-refractivity contribution >= 4 is 18.1 Å². The van der Waals surface area contributed by atoms with E-state index in [9.17, 15) is 9.59 Å². The molecule has 3 aromatic rings. The highest BCUT2D eigenvalue weighted by atomic mass is 16.5. The number of rotatable bonds is 7. The van der Waals surface area contributed by atoms with Gasteiger partial charge in [0.05, 0.1) is 12.1 Å². The number of β-lactam (4-membered cyclic amide) rings is 1. The largest absolute Gasteiger partial charge is 0.445 e. The summed E-state index contributed by atoms with van der Waals surface area (Å²) in [6, 6.07) is 28.2. The molecule has 0 aliphatic carbocycles. The monoisotopic (exact) mass is 426 g/mol. The Morgan fingerprint density at radius 1 is 0.969 bits per heavy atom. The summed E-state index contributed by atoms with van der Waals surface area (Å²) >= 11 is 0. The highest BCUT2D eigenvalue weighted by Crippen LogP contribution is 2.33. The van der Waals surface area contributed by atoms with Gasteiger partial charge < -0.3 is 15.0 Å². The predicted molar refractivity (Wildman–Crippen MR) is 125 cm³/mol. The molecule has 0 saturated carbocycles. The van der Waals surface area contributed by atoms with E-state index in [1.54, 1.807) is 4.90 Å². The number of benzene rings is 3. The van der Waals surface area contributed by atoms with Gasteiger partial charge in [0.15, 0.2) is 0 Å². The Morgan fingerprint density at radius 2 is 1.56 bits per heavy atom. The van der Waals surface area contributed by atoms with Crippen LogP contribution in [-0.2, 0) is 16.1 Å². The third kappa shape index (κ3) is 4.89. The molecule has 0 bridgehead atoms. The van der Waals surface area contributed by atoms with Crippen molar-refractivity contribution in [3.05, 3.63) is 114 Å². The molecule has 1 fully saturated rings. The van der Waals surface area contributed by atoms with Gasteiger partial charge in [0.2, 0.25) is 5.91 Å². The van der Waals surface area contributed by atoms with E-state index >= 15 is 0 Å². The van der Waals surface area contributed by atoms with Crippen molar-refractivity contribution in [3.8, 4) is 0 Å². The standard InChI is InChI=1S/C27H26N2O3/c1-20(23-15-9-4-10-16-23)29-24(18-17-21-11-5-2-6-12-21)25(26(29)30)28-27(31)32-19-22-13-7-3-8-14-22/h2-18,20,24-25H,19H2,1H3,(H,28,31)/b18-17+/t20?,24-,25+/m1/s1. The minimum absolute atomic E-state index is 0.118. The highest BCUT2D eigenvalue weighted by molar-refractivity contribution is 5.93. The maximum atomic E-state index is 13.0. The molecule has 1 unspecified atom stereocenters. The first kappa shape index (κ1) is 21.4. The van der Waals surface area contributed by atoms with Crippen molar-refractivity contribution in [2.45, 2.75) is 31.7 Å². The van der Waals surface area contributed by atoms with Crippen LogP contribution in [0, 0.1) is 0 Å². The van der Waals surface area contributed by atoms with Crippen molar-refractivity contribution < 1.29 is 14.3 Å². The number of likely N-dealkylation sites (tertiary alicyclic amines) is 1. The zero-order valence-corrected chi connectivity index (χ0v) is 17.9. The molecule has 0 aromatic heterocycles. The Hall–Kier alpha value is -3.86. The molecule has 5 nitrogen and oxygen atoms in total.